The molecule has 1 aromatic heterocycles. The molecule has 3 aromatic rings. The van der Waals surface area contributed by atoms with Crippen LogP contribution in [0.4, 0.5) is 0 Å². The summed E-state index contributed by atoms with van der Waals surface area (Å²) >= 11 is 10.5. The fraction of sp³-hybridized carbons (Fsp3) is 0.143. The minimum atomic E-state index is -0.331. The van der Waals surface area contributed by atoms with Crippen LogP contribution in [0, 0.1) is 13.8 Å². The third kappa shape index (κ3) is 5.38. The van der Waals surface area contributed by atoms with Gasteiger partial charge < -0.3 is 9.30 Å². The summed E-state index contributed by atoms with van der Waals surface area (Å²) in [5.41, 5.74) is 6.52. The lowest BCUT2D eigenvalue weighted by Gasteiger charge is -2.09. The largest absolute Gasteiger partial charge is 0.484 e. The first-order chi connectivity index (χ1) is 13.9. The van der Waals surface area contributed by atoms with E-state index in [-0.39, 0.29) is 12.5 Å². The Balaban J connectivity index is 1.67. The molecule has 8 heteroatoms. The van der Waals surface area contributed by atoms with Crippen molar-refractivity contribution in [1.29, 1.82) is 0 Å². The fourth-order valence-electron chi connectivity index (χ4n) is 2.83. The molecule has 3 rings (SSSR count). The SMILES string of the molecule is Cc1c(Br)c(/C=N\NC(=O)COc2ccc(Br)cc2)c(C)n1-c1ccc(Br)cc1. The van der Waals surface area contributed by atoms with Crippen LogP contribution in [-0.2, 0) is 4.79 Å². The number of aromatic nitrogens is 1. The average Bonchev–Trinajstić information content (AvgIpc) is 2.91. The molecule has 0 fully saturated rings. The van der Waals surface area contributed by atoms with E-state index in [4.69, 9.17) is 4.74 Å². The molecule has 2 aromatic carbocycles. The number of amides is 1. The van der Waals surface area contributed by atoms with Gasteiger partial charge in [0.2, 0.25) is 0 Å². The van der Waals surface area contributed by atoms with Crippen LogP contribution in [0.2, 0.25) is 0 Å². The van der Waals surface area contributed by atoms with Gasteiger partial charge in [0.1, 0.15) is 5.75 Å². The van der Waals surface area contributed by atoms with Crippen molar-refractivity contribution in [3.05, 3.63) is 78.9 Å². The number of rotatable bonds is 6. The third-order valence-corrected chi connectivity index (χ3v) is 6.32. The molecule has 29 heavy (non-hydrogen) atoms. The lowest BCUT2D eigenvalue weighted by molar-refractivity contribution is -0.123. The van der Waals surface area contributed by atoms with Crippen LogP contribution >= 0.6 is 47.8 Å². The molecule has 0 saturated carbocycles. The minimum Gasteiger partial charge on any atom is -0.484 e. The molecule has 0 spiro atoms. The third-order valence-electron chi connectivity index (χ3n) is 4.27. The molecule has 0 atom stereocenters. The average molecular weight is 584 g/mol. The number of nitrogens with one attached hydrogen (secondary N) is 1. The number of hydrogen-bond donors (Lipinski definition) is 1. The number of hydrogen-bond acceptors (Lipinski definition) is 3. The summed E-state index contributed by atoms with van der Waals surface area (Å²) in [5.74, 6) is 0.287. The summed E-state index contributed by atoms with van der Waals surface area (Å²) in [6.07, 6.45) is 1.64. The molecule has 5 nitrogen and oxygen atoms in total. The van der Waals surface area contributed by atoms with Crippen LogP contribution in [0.25, 0.3) is 5.69 Å². The molecule has 0 aliphatic rings. The van der Waals surface area contributed by atoms with Gasteiger partial charge in [-0.05, 0) is 78.3 Å². The molecule has 0 aliphatic carbocycles. The Kier molecular flexibility index (Phi) is 7.32. The van der Waals surface area contributed by atoms with E-state index < -0.39 is 0 Å². The van der Waals surface area contributed by atoms with Gasteiger partial charge in [-0.2, -0.15) is 5.10 Å². The van der Waals surface area contributed by atoms with Gasteiger partial charge in [0, 0.05) is 36.1 Å². The highest BCUT2D eigenvalue weighted by atomic mass is 79.9. The molecule has 0 aliphatic heterocycles. The van der Waals surface area contributed by atoms with Crippen LogP contribution in [0.15, 0.2) is 67.1 Å². The molecule has 1 N–H and O–H groups in total. The van der Waals surface area contributed by atoms with Gasteiger partial charge in [-0.3, -0.25) is 4.79 Å². The Labute approximate surface area is 194 Å². The second-order valence-corrected chi connectivity index (χ2v) is 8.87. The lowest BCUT2D eigenvalue weighted by atomic mass is 10.2. The highest BCUT2D eigenvalue weighted by Gasteiger charge is 2.15. The first kappa shape index (κ1) is 21.8. The smallest absolute Gasteiger partial charge is 0.277 e. The quantitative estimate of drug-likeness (QED) is 0.290. The van der Waals surface area contributed by atoms with Crippen molar-refractivity contribution >= 4 is 59.9 Å². The van der Waals surface area contributed by atoms with E-state index in [1.807, 2.05) is 50.2 Å². The standard InChI is InChI=1S/C21H18Br3N3O2/c1-13-19(21(24)14(2)27(13)17-7-3-15(22)4-8-17)11-25-26-20(28)12-29-18-9-5-16(23)6-10-18/h3-11H,12H2,1-2H3,(H,26,28)/b25-11-. The molecular weight excluding hydrogens is 566 g/mol. The molecular formula is C21H18Br3N3O2. The van der Waals surface area contributed by atoms with Crippen LogP contribution < -0.4 is 10.2 Å². The summed E-state index contributed by atoms with van der Waals surface area (Å²) in [6, 6.07) is 15.4. The zero-order valence-electron chi connectivity index (χ0n) is 15.7. The van der Waals surface area contributed by atoms with Gasteiger partial charge in [-0.25, -0.2) is 5.43 Å². The van der Waals surface area contributed by atoms with E-state index in [9.17, 15) is 4.79 Å². The molecule has 1 heterocycles. The topological polar surface area (TPSA) is 55.6 Å². The number of hydrazone groups is 1. The van der Waals surface area contributed by atoms with Crippen molar-refractivity contribution in [2.24, 2.45) is 5.10 Å². The van der Waals surface area contributed by atoms with E-state index in [1.54, 1.807) is 18.3 Å². The summed E-state index contributed by atoms with van der Waals surface area (Å²) in [7, 11) is 0. The van der Waals surface area contributed by atoms with Crippen LogP contribution in [-0.4, -0.2) is 23.3 Å². The number of halogens is 3. The van der Waals surface area contributed by atoms with Crippen molar-refractivity contribution in [1.82, 2.24) is 9.99 Å². The van der Waals surface area contributed by atoms with E-state index >= 15 is 0 Å². The molecule has 1 amide bonds. The Hall–Kier alpha value is -1.90. The molecule has 0 saturated heterocycles. The van der Waals surface area contributed by atoms with Crippen molar-refractivity contribution in [3.63, 3.8) is 0 Å². The van der Waals surface area contributed by atoms with E-state index in [0.717, 1.165) is 36.1 Å². The maximum Gasteiger partial charge on any atom is 0.277 e. The zero-order chi connectivity index (χ0) is 21.0. The monoisotopic (exact) mass is 581 g/mol. The van der Waals surface area contributed by atoms with Gasteiger partial charge in [-0.15, -0.1) is 0 Å². The lowest BCUT2D eigenvalue weighted by Crippen LogP contribution is -2.24. The van der Waals surface area contributed by atoms with Gasteiger partial charge in [0.25, 0.3) is 5.91 Å². The van der Waals surface area contributed by atoms with Crippen LogP contribution in [0.3, 0.4) is 0 Å². The maximum absolute atomic E-state index is 12.0. The number of carbonyl (C=O) groups is 1. The number of benzene rings is 2. The van der Waals surface area contributed by atoms with Crippen LogP contribution in [0.1, 0.15) is 17.0 Å². The molecule has 0 radical (unpaired) electrons. The Morgan fingerprint density at radius 1 is 1.00 bits per heavy atom. The van der Waals surface area contributed by atoms with Gasteiger partial charge >= 0.3 is 0 Å². The van der Waals surface area contributed by atoms with Gasteiger partial charge in [-0.1, -0.05) is 31.9 Å². The van der Waals surface area contributed by atoms with Gasteiger partial charge in [0.05, 0.1) is 6.21 Å². The second kappa shape index (κ2) is 9.73. The summed E-state index contributed by atoms with van der Waals surface area (Å²) in [4.78, 5) is 12.0. The number of ether oxygens (including phenoxy) is 1. The minimum absolute atomic E-state index is 0.113. The molecule has 0 bridgehead atoms. The summed E-state index contributed by atoms with van der Waals surface area (Å²) in [6.45, 7) is 3.93. The van der Waals surface area contributed by atoms with Crippen molar-refractivity contribution in [2.45, 2.75) is 13.8 Å². The van der Waals surface area contributed by atoms with E-state index in [0.29, 0.717) is 5.75 Å². The Morgan fingerprint density at radius 3 is 2.21 bits per heavy atom. The maximum atomic E-state index is 12.0. The van der Waals surface area contributed by atoms with E-state index in [2.05, 4.69) is 62.9 Å². The first-order valence-corrected chi connectivity index (χ1v) is 11.1. The predicted molar refractivity (Wildman–Crippen MR) is 126 cm³/mol. The van der Waals surface area contributed by atoms with Crippen molar-refractivity contribution in [3.8, 4) is 11.4 Å². The molecule has 150 valence electrons. The first-order valence-electron chi connectivity index (χ1n) is 8.70. The highest BCUT2D eigenvalue weighted by Crippen LogP contribution is 2.30. The van der Waals surface area contributed by atoms with Crippen molar-refractivity contribution < 1.29 is 9.53 Å². The van der Waals surface area contributed by atoms with Crippen LogP contribution in [0.5, 0.6) is 5.75 Å². The molecule has 0 unspecified atom stereocenters. The second-order valence-electron chi connectivity index (χ2n) is 6.25. The zero-order valence-corrected chi connectivity index (χ0v) is 20.5. The Morgan fingerprint density at radius 2 is 1.59 bits per heavy atom. The highest BCUT2D eigenvalue weighted by molar-refractivity contribution is 9.11. The van der Waals surface area contributed by atoms with Crippen molar-refractivity contribution in [2.75, 3.05) is 6.61 Å². The van der Waals surface area contributed by atoms with E-state index in [1.165, 1.54) is 0 Å². The Bertz CT molecular complexity index is 1040. The summed E-state index contributed by atoms with van der Waals surface area (Å²) < 4.78 is 10.5. The summed E-state index contributed by atoms with van der Waals surface area (Å²) in [5, 5.41) is 4.09. The fourth-order valence-corrected chi connectivity index (χ4v) is 3.93. The van der Waals surface area contributed by atoms with Gasteiger partial charge in [0.15, 0.2) is 6.61 Å². The number of nitrogens with zero attached hydrogens (tertiary/aromatic N) is 2. The number of carbonyl (C=O) groups excluding carboxylic acids is 1. The normalized spacial score (nSPS) is 11.1. The predicted octanol–water partition coefficient (Wildman–Crippen LogP) is 5.91.